The van der Waals surface area contributed by atoms with E-state index in [9.17, 15) is 9.90 Å². The van der Waals surface area contributed by atoms with Crippen molar-refractivity contribution in [2.24, 2.45) is 5.10 Å². The Morgan fingerprint density at radius 2 is 1.92 bits per heavy atom. The molecular formula is C19H22N2O5. The highest BCUT2D eigenvalue weighted by Gasteiger charge is 2.08. The molecule has 0 saturated carbocycles. The minimum absolute atomic E-state index is 0.0221. The largest absolute Gasteiger partial charge is 0.507 e. The molecule has 0 saturated heterocycles. The van der Waals surface area contributed by atoms with Crippen LogP contribution in [0.25, 0.3) is 0 Å². The first-order valence-electron chi connectivity index (χ1n) is 8.06. The van der Waals surface area contributed by atoms with Gasteiger partial charge in [0.1, 0.15) is 11.5 Å². The lowest BCUT2D eigenvalue weighted by atomic mass is 10.1. The van der Waals surface area contributed by atoms with Crippen molar-refractivity contribution in [3.05, 3.63) is 47.5 Å². The van der Waals surface area contributed by atoms with Crippen LogP contribution in [0.15, 0.2) is 41.5 Å². The van der Waals surface area contributed by atoms with E-state index in [1.807, 2.05) is 6.92 Å². The summed E-state index contributed by atoms with van der Waals surface area (Å²) < 4.78 is 15.7. The number of nitrogens with one attached hydrogen (secondary N) is 1. The second kappa shape index (κ2) is 9.31. The molecule has 0 aliphatic rings. The number of aromatic hydroxyl groups is 1. The zero-order valence-electron chi connectivity index (χ0n) is 15.0. The highest BCUT2D eigenvalue weighted by Crippen LogP contribution is 2.27. The molecule has 0 unspecified atom stereocenters. The molecule has 1 amide bonds. The summed E-state index contributed by atoms with van der Waals surface area (Å²) in [6.45, 7) is 2.37. The molecule has 0 atom stereocenters. The number of nitrogens with zero attached hydrogens (tertiary/aromatic N) is 1. The predicted octanol–water partition coefficient (Wildman–Crippen LogP) is 2.50. The Bertz CT molecular complexity index is 789. The summed E-state index contributed by atoms with van der Waals surface area (Å²) in [5, 5.41) is 13.8. The minimum atomic E-state index is -0.293. The van der Waals surface area contributed by atoms with Gasteiger partial charge in [0.15, 0.2) is 11.5 Å². The number of phenolic OH excluding ortho intramolecular Hbond substituents is 1. The van der Waals surface area contributed by atoms with Crippen LogP contribution in [0.2, 0.25) is 0 Å². The zero-order chi connectivity index (χ0) is 18.9. The number of phenols is 1. The van der Waals surface area contributed by atoms with Gasteiger partial charge >= 0.3 is 0 Å². The van der Waals surface area contributed by atoms with E-state index in [2.05, 4.69) is 10.5 Å². The van der Waals surface area contributed by atoms with Gasteiger partial charge in [-0.15, -0.1) is 0 Å². The smallest absolute Gasteiger partial charge is 0.244 e. The first-order valence-corrected chi connectivity index (χ1v) is 8.06. The summed E-state index contributed by atoms with van der Waals surface area (Å²) in [4.78, 5) is 12.0. The number of hydrazone groups is 1. The minimum Gasteiger partial charge on any atom is -0.507 e. The van der Waals surface area contributed by atoms with Gasteiger partial charge < -0.3 is 19.3 Å². The molecule has 0 spiro atoms. The predicted molar refractivity (Wildman–Crippen MR) is 98.3 cm³/mol. The van der Waals surface area contributed by atoms with Crippen molar-refractivity contribution in [2.45, 2.75) is 13.3 Å². The SMILES string of the molecule is CCOc1ccc(C=NNC(=O)Cc2ccc(OC)c(OC)c2)c(O)c1. The van der Waals surface area contributed by atoms with Gasteiger partial charge in [0, 0.05) is 11.6 Å². The molecule has 2 N–H and O–H groups in total. The highest BCUT2D eigenvalue weighted by atomic mass is 16.5. The summed E-state index contributed by atoms with van der Waals surface area (Å²) in [6, 6.07) is 10.1. The van der Waals surface area contributed by atoms with Crippen molar-refractivity contribution in [3.8, 4) is 23.0 Å². The molecular weight excluding hydrogens is 336 g/mol. The molecule has 7 nitrogen and oxygen atoms in total. The number of benzene rings is 2. The second-order valence-corrected chi connectivity index (χ2v) is 5.31. The third-order valence-electron chi connectivity index (χ3n) is 3.52. The molecule has 7 heteroatoms. The summed E-state index contributed by atoms with van der Waals surface area (Å²) >= 11 is 0. The molecule has 0 radical (unpaired) electrons. The first kappa shape index (κ1) is 19.1. The topological polar surface area (TPSA) is 89.4 Å². The summed E-state index contributed by atoms with van der Waals surface area (Å²) in [5.74, 6) is 1.45. The van der Waals surface area contributed by atoms with E-state index in [1.54, 1.807) is 37.4 Å². The van der Waals surface area contributed by atoms with E-state index in [0.29, 0.717) is 29.4 Å². The average molecular weight is 358 g/mol. The molecule has 26 heavy (non-hydrogen) atoms. The van der Waals surface area contributed by atoms with E-state index in [1.165, 1.54) is 19.4 Å². The Morgan fingerprint density at radius 3 is 2.58 bits per heavy atom. The monoisotopic (exact) mass is 358 g/mol. The molecule has 138 valence electrons. The number of hydrogen-bond acceptors (Lipinski definition) is 6. The molecule has 2 rings (SSSR count). The fraction of sp³-hybridized carbons (Fsp3) is 0.263. The van der Waals surface area contributed by atoms with Gasteiger partial charge in [-0.05, 0) is 36.8 Å². The van der Waals surface area contributed by atoms with Crippen molar-refractivity contribution < 1.29 is 24.1 Å². The number of carbonyl (C=O) groups is 1. The Labute approximate surface area is 152 Å². The van der Waals surface area contributed by atoms with Crippen LogP contribution in [-0.2, 0) is 11.2 Å². The maximum Gasteiger partial charge on any atom is 0.244 e. The van der Waals surface area contributed by atoms with Gasteiger partial charge in [-0.25, -0.2) is 5.43 Å². The third kappa shape index (κ3) is 5.14. The first-order chi connectivity index (χ1) is 12.6. The molecule has 0 aliphatic heterocycles. The lowest BCUT2D eigenvalue weighted by Crippen LogP contribution is -2.19. The molecule has 0 fully saturated rings. The van der Waals surface area contributed by atoms with Crippen molar-refractivity contribution in [1.82, 2.24) is 5.43 Å². The standard InChI is InChI=1S/C19H22N2O5/c1-4-26-15-7-6-14(16(22)11-15)12-20-21-19(23)10-13-5-8-17(24-2)18(9-13)25-3/h5-9,11-12,22H,4,10H2,1-3H3,(H,21,23). The Hall–Kier alpha value is -3.22. The van der Waals surface area contributed by atoms with Gasteiger partial charge in [0.05, 0.1) is 33.5 Å². The molecule has 2 aromatic carbocycles. The van der Waals surface area contributed by atoms with Crippen molar-refractivity contribution in [2.75, 3.05) is 20.8 Å². The molecule has 0 aromatic heterocycles. The molecule has 0 bridgehead atoms. The Kier molecular flexibility index (Phi) is 6.84. The second-order valence-electron chi connectivity index (χ2n) is 5.31. The Balaban J connectivity index is 1.95. The van der Waals surface area contributed by atoms with Crippen LogP contribution < -0.4 is 19.6 Å². The average Bonchev–Trinajstić information content (AvgIpc) is 2.63. The van der Waals surface area contributed by atoms with Crippen LogP contribution in [0.5, 0.6) is 23.0 Å². The van der Waals surface area contributed by atoms with Crippen LogP contribution in [0.3, 0.4) is 0 Å². The summed E-state index contributed by atoms with van der Waals surface area (Å²) in [5.41, 5.74) is 3.66. The van der Waals surface area contributed by atoms with Crippen LogP contribution in [-0.4, -0.2) is 38.1 Å². The van der Waals surface area contributed by atoms with Crippen LogP contribution in [0, 0.1) is 0 Å². The number of ether oxygens (including phenoxy) is 3. The molecule has 2 aromatic rings. The number of methoxy groups -OCH3 is 2. The van der Waals surface area contributed by atoms with Gasteiger partial charge in [-0.1, -0.05) is 6.07 Å². The fourth-order valence-corrected chi connectivity index (χ4v) is 2.28. The quantitative estimate of drug-likeness (QED) is 0.559. The molecule has 0 heterocycles. The van der Waals surface area contributed by atoms with Crippen LogP contribution >= 0.6 is 0 Å². The lowest BCUT2D eigenvalue weighted by Gasteiger charge is -2.09. The van der Waals surface area contributed by atoms with E-state index in [0.717, 1.165) is 5.56 Å². The van der Waals surface area contributed by atoms with E-state index >= 15 is 0 Å². The maximum atomic E-state index is 12.0. The highest BCUT2D eigenvalue weighted by molar-refractivity contribution is 5.85. The van der Waals surface area contributed by atoms with Crippen molar-refractivity contribution in [1.29, 1.82) is 0 Å². The summed E-state index contributed by atoms with van der Waals surface area (Å²) in [6.07, 6.45) is 1.50. The zero-order valence-corrected chi connectivity index (χ0v) is 15.0. The normalized spacial score (nSPS) is 10.6. The van der Waals surface area contributed by atoms with E-state index in [-0.39, 0.29) is 18.1 Å². The van der Waals surface area contributed by atoms with Crippen molar-refractivity contribution >= 4 is 12.1 Å². The van der Waals surface area contributed by atoms with Gasteiger partial charge in [0.25, 0.3) is 0 Å². The number of carbonyl (C=O) groups excluding carboxylic acids is 1. The maximum absolute atomic E-state index is 12.0. The van der Waals surface area contributed by atoms with Crippen LogP contribution in [0.1, 0.15) is 18.1 Å². The Morgan fingerprint density at radius 1 is 1.15 bits per heavy atom. The molecule has 0 aliphatic carbocycles. The fourth-order valence-electron chi connectivity index (χ4n) is 2.28. The number of rotatable bonds is 8. The van der Waals surface area contributed by atoms with E-state index in [4.69, 9.17) is 14.2 Å². The van der Waals surface area contributed by atoms with Gasteiger partial charge in [-0.2, -0.15) is 5.10 Å². The summed E-state index contributed by atoms with van der Waals surface area (Å²) in [7, 11) is 3.09. The van der Waals surface area contributed by atoms with Crippen LogP contribution in [0.4, 0.5) is 0 Å². The number of hydrogen-bond donors (Lipinski definition) is 2. The van der Waals surface area contributed by atoms with Crippen molar-refractivity contribution in [3.63, 3.8) is 0 Å². The lowest BCUT2D eigenvalue weighted by molar-refractivity contribution is -0.120. The van der Waals surface area contributed by atoms with Gasteiger partial charge in [-0.3, -0.25) is 4.79 Å². The number of amides is 1. The van der Waals surface area contributed by atoms with E-state index < -0.39 is 0 Å². The third-order valence-corrected chi connectivity index (χ3v) is 3.52. The van der Waals surface area contributed by atoms with Gasteiger partial charge in [0.2, 0.25) is 5.91 Å².